The summed E-state index contributed by atoms with van der Waals surface area (Å²) in [5.41, 5.74) is 4.33. The van der Waals surface area contributed by atoms with Crippen molar-refractivity contribution in [3.05, 3.63) is 96.2 Å². The highest BCUT2D eigenvalue weighted by Gasteiger charge is 2.34. The van der Waals surface area contributed by atoms with Gasteiger partial charge in [-0.1, -0.05) is 62.4 Å². The SMILES string of the molecule is COc1cccc(C(=O)N(CC(=O)Nc2nc(-c3ccccc3)cn2-c2ccc(C(C)C)cc2)C2CC2)c1. The molecule has 1 fully saturated rings. The van der Waals surface area contributed by atoms with Crippen molar-refractivity contribution in [1.29, 1.82) is 0 Å². The number of imidazole rings is 1. The van der Waals surface area contributed by atoms with E-state index in [1.807, 2.05) is 53.2 Å². The summed E-state index contributed by atoms with van der Waals surface area (Å²) in [4.78, 5) is 33.0. The van der Waals surface area contributed by atoms with Crippen LogP contribution in [0, 0.1) is 0 Å². The van der Waals surface area contributed by atoms with E-state index in [0.717, 1.165) is 29.8 Å². The van der Waals surface area contributed by atoms with Crippen molar-refractivity contribution in [2.24, 2.45) is 0 Å². The monoisotopic (exact) mass is 508 g/mol. The number of amides is 2. The van der Waals surface area contributed by atoms with Crippen LogP contribution in [0.5, 0.6) is 5.75 Å². The second-order valence-electron chi connectivity index (χ2n) is 9.88. The maximum absolute atomic E-state index is 13.3. The number of carbonyl (C=O) groups excluding carboxylic acids is 2. The average Bonchev–Trinajstić information content (AvgIpc) is 3.71. The zero-order valence-electron chi connectivity index (χ0n) is 21.9. The highest BCUT2D eigenvalue weighted by molar-refractivity contribution is 5.99. The number of nitrogens with one attached hydrogen (secondary N) is 1. The van der Waals surface area contributed by atoms with Crippen LogP contribution >= 0.6 is 0 Å². The molecule has 4 aromatic rings. The molecule has 1 N–H and O–H groups in total. The molecular weight excluding hydrogens is 476 g/mol. The lowest BCUT2D eigenvalue weighted by Crippen LogP contribution is -2.39. The minimum absolute atomic E-state index is 0.0550. The highest BCUT2D eigenvalue weighted by Crippen LogP contribution is 2.29. The Morgan fingerprint density at radius 2 is 1.76 bits per heavy atom. The van der Waals surface area contributed by atoms with Crippen molar-refractivity contribution >= 4 is 17.8 Å². The molecule has 1 aliphatic rings. The molecule has 0 spiro atoms. The largest absolute Gasteiger partial charge is 0.497 e. The molecule has 7 nitrogen and oxygen atoms in total. The number of hydrogen-bond donors (Lipinski definition) is 1. The summed E-state index contributed by atoms with van der Waals surface area (Å²) in [6, 6.07) is 25.2. The van der Waals surface area contributed by atoms with Crippen molar-refractivity contribution < 1.29 is 14.3 Å². The Labute approximate surface area is 223 Å². The molecule has 1 saturated carbocycles. The molecule has 0 radical (unpaired) electrons. The predicted molar refractivity (Wildman–Crippen MR) is 149 cm³/mol. The zero-order chi connectivity index (χ0) is 26.6. The first kappa shape index (κ1) is 25.3. The van der Waals surface area contributed by atoms with Crippen LogP contribution in [0.2, 0.25) is 0 Å². The third kappa shape index (κ3) is 5.62. The van der Waals surface area contributed by atoms with E-state index in [1.54, 1.807) is 36.3 Å². The zero-order valence-corrected chi connectivity index (χ0v) is 21.9. The van der Waals surface area contributed by atoms with Crippen molar-refractivity contribution in [3.63, 3.8) is 0 Å². The first-order valence-corrected chi connectivity index (χ1v) is 12.9. The van der Waals surface area contributed by atoms with E-state index in [2.05, 4.69) is 31.3 Å². The molecule has 0 bridgehead atoms. The summed E-state index contributed by atoms with van der Waals surface area (Å²) in [7, 11) is 1.57. The van der Waals surface area contributed by atoms with Gasteiger partial charge in [0.1, 0.15) is 12.3 Å². The van der Waals surface area contributed by atoms with Crippen LogP contribution in [-0.2, 0) is 4.79 Å². The fraction of sp³-hybridized carbons (Fsp3) is 0.258. The number of carbonyl (C=O) groups is 2. The molecular formula is C31H32N4O3. The maximum atomic E-state index is 13.3. The summed E-state index contributed by atoms with van der Waals surface area (Å²) in [5.74, 6) is 0.963. The molecule has 0 unspecified atom stereocenters. The fourth-order valence-electron chi connectivity index (χ4n) is 4.43. The predicted octanol–water partition coefficient (Wildman–Crippen LogP) is 5.91. The Balaban J connectivity index is 1.41. The minimum atomic E-state index is -0.293. The van der Waals surface area contributed by atoms with E-state index in [-0.39, 0.29) is 24.4 Å². The van der Waals surface area contributed by atoms with Crippen molar-refractivity contribution in [3.8, 4) is 22.7 Å². The van der Waals surface area contributed by atoms with Crippen LogP contribution in [0.25, 0.3) is 16.9 Å². The molecule has 0 saturated heterocycles. The minimum Gasteiger partial charge on any atom is -0.497 e. The van der Waals surface area contributed by atoms with Gasteiger partial charge in [-0.05, 0) is 54.7 Å². The van der Waals surface area contributed by atoms with Crippen molar-refractivity contribution in [2.75, 3.05) is 19.0 Å². The molecule has 0 aliphatic heterocycles. The highest BCUT2D eigenvalue weighted by atomic mass is 16.5. The number of methoxy groups -OCH3 is 1. The quantitative estimate of drug-likeness (QED) is 0.305. The van der Waals surface area contributed by atoms with Crippen LogP contribution in [-0.4, -0.2) is 46.0 Å². The summed E-state index contributed by atoms with van der Waals surface area (Å²) in [6.45, 7) is 4.26. The molecule has 7 heteroatoms. The second kappa shape index (κ2) is 10.9. The van der Waals surface area contributed by atoms with Crippen LogP contribution in [0.15, 0.2) is 85.1 Å². The van der Waals surface area contributed by atoms with Gasteiger partial charge in [-0.2, -0.15) is 0 Å². The molecule has 3 aromatic carbocycles. The van der Waals surface area contributed by atoms with Gasteiger partial charge in [-0.15, -0.1) is 0 Å². The third-order valence-electron chi connectivity index (χ3n) is 6.74. The van der Waals surface area contributed by atoms with Gasteiger partial charge in [0, 0.05) is 29.1 Å². The van der Waals surface area contributed by atoms with Crippen LogP contribution in [0.1, 0.15) is 48.5 Å². The van der Waals surface area contributed by atoms with Crippen molar-refractivity contribution in [1.82, 2.24) is 14.5 Å². The van der Waals surface area contributed by atoms with Crippen LogP contribution in [0.4, 0.5) is 5.95 Å². The number of benzene rings is 3. The fourth-order valence-corrected chi connectivity index (χ4v) is 4.43. The normalized spacial score (nSPS) is 12.8. The van der Waals surface area contributed by atoms with Crippen LogP contribution < -0.4 is 10.1 Å². The van der Waals surface area contributed by atoms with Gasteiger partial charge in [0.15, 0.2) is 0 Å². The number of rotatable bonds is 9. The first-order chi connectivity index (χ1) is 18.4. The first-order valence-electron chi connectivity index (χ1n) is 12.9. The average molecular weight is 509 g/mol. The Morgan fingerprint density at radius 1 is 1.03 bits per heavy atom. The van der Waals surface area contributed by atoms with E-state index in [1.165, 1.54) is 5.56 Å². The van der Waals surface area contributed by atoms with Crippen molar-refractivity contribution in [2.45, 2.75) is 38.6 Å². The Kier molecular flexibility index (Phi) is 7.26. The molecule has 5 rings (SSSR count). The van der Waals surface area contributed by atoms with Gasteiger partial charge in [0.05, 0.1) is 12.8 Å². The summed E-state index contributed by atoms with van der Waals surface area (Å²) in [6.07, 6.45) is 3.70. The molecule has 0 atom stereocenters. The lowest BCUT2D eigenvalue weighted by Gasteiger charge is -2.22. The smallest absolute Gasteiger partial charge is 0.254 e. The Bertz CT molecular complexity index is 1420. The van der Waals surface area contributed by atoms with Gasteiger partial charge in [0.25, 0.3) is 5.91 Å². The van der Waals surface area contributed by atoms with Gasteiger partial charge >= 0.3 is 0 Å². The molecule has 1 heterocycles. The summed E-state index contributed by atoms with van der Waals surface area (Å²) >= 11 is 0. The standard InChI is InChI=1S/C31H32N4O3/c1-21(2)22-12-14-26(15-13-22)35-19-28(23-8-5-4-6-9-23)32-31(35)33-29(36)20-34(25-16-17-25)30(37)24-10-7-11-27(18-24)38-3/h4-15,18-19,21,25H,16-17,20H2,1-3H3,(H,32,33,36). The number of nitrogens with zero attached hydrogens (tertiary/aromatic N) is 3. The number of hydrogen-bond acceptors (Lipinski definition) is 4. The lowest BCUT2D eigenvalue weighted by atomic mass is 10.0. The van der Waals surface area contributed by atoms with Gasteiger partial charge in [-0.25, -0.2) is 4.98 Å². The summed E-state index contributed by atoms with van der Waals surface area (Å²) < 4.78 is 7.16. The topological polar surface area (TPSA) is 76.5 Å². The van der Waals surface area contributed by atoms with Gasteiger partial charge in [0.2, 0.25) is 11.9 Å². The maximum Gasteiger partial charge on any atom is 0.254 e. The second-order valence-corrected chi connectivity index (χ2v) is 9.88. The van der Waals surface area contributed by atoms with E-state index in [9.17, 15) is 9.59 Å². The van der Waals surface area contributed by atoms with E-state index >= 15 is 0 Å². The molecule has 194 valence electrons. The Morgan fingerprint density at radius 3 is 2.42 bits per heavy atom. The molecule has 2 amide bonds. The lowest BCUT2D eigenvalue weighted by molar-refractivity contribution is -0.117. The molecule has 38 heavy (non-hydrogen) atoms. The van der Waals surface area contributed by atoms with Crippen LogP contribution in [0.3, 0.4) is 0 Å². The number of ether oxygens (including phenoxy) is 1. The Hall–Kier alpha value is -4.39. The third-order valence-corrected chi connectivity index (χ3v) is 6.74. The van der Waals surface area contributed by atoms with Gasteiger partial charge in [-0.3, -0.25) is 19.5 Å². The summed E-state index contributed by atoms with van der Waals surface area (Å²) in [5, 5.41) is 2.97. The van der Waals surface area contributed by atoms with E-state index < -0.39 is 0 Å². The van der Waals surface area contributed by atoms with Gasteiger partial charge < -0.3 is 9.64 Å². The molecule has 1 aromatic heterocycles. The van der Waals surface area contributed by atoms with E-state index in [0.29, 0.717) is 23.2 Å². The van der Waals surface area contributed by atoms with E-state index in [4.69, 9.17) is 9.72 Å². The number of aromatic nitrogens is 2. The molecule has 1 aliphatic carbocycles. The number of anilines is 1.